The molecule has 0 unspecified atom stereocenters. The lowest BCUT2D eigenvalue weighted by atomic mass is 9.96. The van der Waals surface area contributed by atoms with Gasteiger partial charge in [0, 0.05) is 66.5 Å². The maximum Gasteiger partial charge on any atom is 0.303 e. The lowest BCUT2D eigenvalue weighted by molar-refractivity contribution is -0.271. The Morgan fingerprint density at radius 3 is 1.01 bits per heavy atom. The van der Waals surface area contributed by atoms with Crippen LogP contribution in [0.2, 0.25) is 0 Å². The molecule has 0 radical (unpaired) electrons. The topological polar surface area (TPSA) is 290 Å². The normalized spacial score (nSPS) is 24.4. The summed E-state index contributed by atoms with van der Waals surface area (Å²) in [6.45, 7) is 7.53. The summed E-state index contributed by atoms with van der Waals surface area (Å²) in [5, 5.41) is 18.2. The van der Waals surface area contributed by atoms with Gasteiger partial charge in [0.15, 0.2) is 49.1 Å². The average Bonchev–Trinajstić information content (AvgIpc) is 3.90. The Balaban J connectivity index is 1.70. The minimum Gasteiger partial charge on any atom is -0.463 e. The van der Waals surface area contributed by atoms with Gasteiger partial charge in [-0.15, -0.1) is 10.2 Å². The predicted octanol–water partition coefficient (Wildman–Crippen LogP) is 2.38. The number of hydrogen-bond acceptors (Lipinski definition) is 22. The fourth-order valence-corrected chi connectivity index (χ4v) is 7.77. The van der Waals surface area contributed by atoms with Crippen molar-refractivity contribution >= 4 is 47.8 Å². The maximum atomic E-state index is 13.0. The van der Waals surface area contributed by atoms with Crippen LogP contribution in [0.5, 0.6) is 0 Å². The Bertz CT molecular complexity index is 2340. The number of carbonyl (C=O) groups excluding carboxylic acids is 8. The monoisotopic (exact) mass is 948 g/mol. The van der Waals surface area contributed by atoms with Crippen LogP contribution in [0.1, 0.15) is 67.8 Å². The molecule has 6 rings (SSSR count). The van der Waals surface area contributed by atoms with Gasteiger partial charge in [-0.3, -0.25) is 38.4 Å². The minimum atomic E-state index is -1.70. The van der Waals surface area contributed by atoms with E-state index in [-0.39, 0.29) is 22.8 Å². The molecule has 2 aliphatic rings. The Labute approximate surface area is 387 Å². The number of rotatable bonds is 15. The smallest absolute Gasteiger partial charge is 0.303 e. The highest BCUT2D eigenvalue weighted by molar-refractivity contribution is 5.85. The highest BCUT2D eigenvalue weighted by Gasteiger charge is 2.56. The van der Waals surface area contributed by atoms with Gasteiger partial charge in [0.1, 0.15) is 48.2 Å². The van der Waals surface area contributed by atoms with Crippen molar-refractivity contribution in [3.63, 3.8) is 0 Å². The van der Waals surface area contributed by atoms with Crippen LogP contribution in [0.4, 0.5) is 0 Å². The quantitative estimate of drug-likeness (QED) is 0.122. The van der Waals surface area contributed by atoms with Crippen LogP contribution < -0.4 is 0 Å². The van der Waals surface area contributed by atoms with Gasteiger partial charge in [-0.05, 0) is 0 Å². The first-order valence-electron chi connectivity index (χ1n) is 21.0. The molecule has 362 valence electrons. The standard InChI is InChI=1S/C44H48N6O18/c1-21(51)59-19-31-37(61-23(3)53)39(63-25(5)55)41(65-27(7)57)43(67-31)49-35(33(45-47-49)29-15-11-9-12-16-29)36-34(30-17-13-10-14-18-30)46-48-50(36)44-42(66-28(8)58)40(64-26(6)56)38(62-24(4)54)32(68-44)20-60-22(2)52/h9-18,31-32,37-44H,19-20H2,1-8H3/t31-,32-,37-,38-,39+,40+,41-,42-,43-,44-/m1/s1. The van der Waals surface area contributed by atoms with E-state index in [1.807, 2.05) is 0 Å². The molecule has 0 aliphatic carbocycles. The van der Waals surface area contributed by atoms with Crippen molar-refractivity contribution in [2.24, 2.45) is 0 Å². The first-order valence-corrected chi connectivity index (χ1v) is 21.0. The van der Waals surface area contributed by atoms with E-state index in [0.29, 0.717) is 11.1 Å². The van der Waals surface area contributed by atoms with Crippen LogP contribution in [0.15, 0.2) is 60.7 Å². The molecule has 2 aromatic carbocycles. The molecule has 0 saturated carbocycles. The molecule has 4 heterocycles. The van der Waals surface area contributed by atoms with Crippen LogP contribution in [0.25, 0.3) is 33.9 Å². The Kier molecular flexibility index (Phi) is 16.0. The molecule has 2 fully saturated rings. The highest BCUT2D eigenvalue weighted by Crippen LogP contribution is 2.44. The Morgan fingerprint density at radius 2 is 0.721 bits per heavy atom. The van der Waals surface area contributed by atoms with E-state index >= 15 is 0 Å². The fourth-order valence-electron chi connectivity index (χ4n) is 7.77. The number of ether oxygens (including phenoxy) is 10. The summed E-state index contributed by atoms with van der Waals surface area (Å²) in [4.78, 5) is 101. The molecule has 68 heavy (non-hydrogen) atoms. The molecule has 24 nitrogen and oxygen atoms in total. The largest absolute Gasteiger partial charge is 0.463 e. The molecule has 0 spiro atoms. The Morgan fingerprint density at radius 1 is 0.426 bits per heavy atom. The van der Waals surface area contributed by atoms with Crippen LogP contribution in [-0.2, 0) is 85.7 Å². The molecular weight excluding hydrogens is 901 g/mol. The van der Waals surface area contributed by atoms with Crippen molar-refractivity contribution in [2.45, 2.75) is 117 Å². The van der Waals surface area contributed by atoms with Crippen molar-refractivity contribution in [3.8, 4) is 33.9 Å². The first kappa shape index (κ1) is 49.8. The van der Waals surface area contributed by atoms with Crippen molar-refractivity contribution < 1.29 is 85.7 Å². The van der Waals surface area contributed by atoms with Gasteiger partial charge < -0.3 is 47.4 Å². The lowest BCUT2D eigenvalue weighted by Crippen LogP contribution is -2.61. The van der Waals surface area contributed by atoms with E-state index in [1.165, 1.54) is 0 Å². The van der Waals surface area contributed by atoms with Gasteiger partial charge in [0.25, 0.3) is 0 Å². The molecule has 10 atom stereocenters. The second-order valence-corrected chi connectivity index (χ2v) is 15.4. The van der Waals surface area contributed by atoms with Gasteiger partial charge >= 0.3 is 47.8 Å². The van der Waals surface area contributed by atoms with Gasteiger partial charge in [0.05, 0.1) is 0 Å². The second-order valence-electron chi connectivity index (χ2n) is 15.4. The number of nitrogens with zero attached hydrogens (tertiary/aromatic N) is 6. The van der Waals surface area contributed by atoms with E-state index in [0.717, 1.165) is 64.8 Å². The third kappa shape index (κ3) is 11.7. The van der Waals surface area contributed by atoms with Gasteiger partial charge in [-0.25, -0.2) is 9.36 Å². The van der Waals surface area contributed by atoms with Crippen molar-refractivity contribution in [3.05, 3.63) is 60.7 Å². The van der Waals surface area contributed by atoms with Crippen LogP contribution in [0.3, 0.4) is 0 Å². The number of carbonyl (C=O) groups is 8. The minimum absolute atomic E-state index is 0.0335. The number of hydrogen-bond donors (Lipinski definition) is 0. The number of aromatic nitrogens is 6. The van der Waals surface area contributed by atoms with Crippen molar-refractivity contribution in [2.75, 3.05) is 13.2 Å². The van der Waals surface area contributed by atoms with E-state index in [1.54, 1.807) is 60.7 Å². The maximum absolute atomic E-state index is 13.0. The highest BCUT2D eigenvalue weighted by atomic mass is 16.7. The Hall–Kier alpha value is -7.60. The zero-order valence-electron chi connectivity index (χ0n) is 38.0. The summed E-state index contributed by atoms with van der Waals surface area (Å²) >= 11 is 0. The predicted molar refractivity (Wildman–Crippen MR) is 224 cm³/mol. The fraction of sp³-hybridized carbons (Fsp3) is 0.455. The summed E-state index contributed by atoms with van der Waals surface area (Å²) in [6.07, 6.45) is -16.0. The number of benzene rings is 2. The molecule has 0 amide bonds. The van der Waals surface area contributed by atoms with Crippen molar-refractivity contribution in [1.82, 2.24) is 30.0 Å². The molecule has 2 aliphatic heterocycles. The van der Waals surface area contributed by atoms with Gasteiger partial charge in [0.2, 0.25) is 0 Å². The molecule has 2 saturated heterocycles. The second kappa shape index (κ2) is 21.8. The van der Waals surface area contributed by atoms with Gasteiger partial charge in [-0.1, -0.05) is 71.1 Å². The molecule has 4 aromatic rings. The summed E-state index contributed by atoms with van der Waals surface area (Å²) < 4.78 is 60.5. The number of esters is 8. The van der Waals surface area contributed by atoms with E-state index < -0.39 is 122 Å². The average molecular weight is 949 g/mol. The summed E-state index contributed by atoms with van der Waals surface area (Å²) in [6, 6.07) is 17.1. The molecular formula is C44H48N6O18. The first-order chi connectivity index (χ1) is 32.3. The third-order valence-electron chi connectivity index (χ3n) is 10.1. The van der Waals surface area contributed by atoms with E-state index in [2.05, 4.69) is 20.6 Å². The zero-order valence-corrected chi connectivity index (χ0v) is 38.0. The molecule has 2 aromatic heterocycles. The molecule has 0 bridgehead atoms. The van der Waals surface area contributed by atoms with Crippen LogP contribution in [-0.4, -0.2) is 140 Å². The van der Waals surface area contributed by atoms with E-state index in [4.69, 9.17) is 47.4 Å². The summed E-state index contributed by atoms with van der Waals surface area (Å²) in [5.74, 6) is -6.81. The summed E-state index contributed by atoms with van der Waals surface area (Å²) in [7, 11) is 0. The van der Waals surface area contributed by atoms with Crippen molar-refractivity contribution in [1.29, 1.82) is 0 Å². The van der Waals surface area contributed by atoms with Crippen LogP contribution >= 0.6 is 0 Å². The third-order valence-corrected chi connectivity index (χ3v) is 10.1. The van der Waals surface area contributed by atoms with Gasteiger partial charge in [-0.2, -0.15) is 0 Å². The zero-order chi connectivity index (χ0) is 49.4. The van der Waals surface area contributed by atoms with Crippen LogP contribution in [0, 0.1) is 0 Å². The summed E-state index contributed by atoms with van der Waals surface area (Å²) in [5.41, 5.74) is 0.956. The molecule has 24 heteroatoms. The van der Waals surface area contributed by atoms with E-state index in [9.17, 15) is 38.4 Å². The molecule has 0 N–H and O–H groups in total. The SMILES string of the molecule is CC(=O)OC[C@H]1O[C@@H](n2nnc(-c3ccccc3)c2-c2c(-c3ccccc3)nnn2[C@@H]2O[C@H](COC(C)=O)[C@@H](OC(C)=O)[C@H](OC(C)=O)[C@H]2OC(C)=O)[C@H](OC(C)=O)[C@@H](OC(C)=O)[C@@H]1OC(C)=O. The lowest BCUT2D eigenvalue weighted by Gasteiger charge is -2.45.